The van der Waals surface area contributed by atoms with Crippen molar-refractivity contribution in [2.24, 2.45) is 17.6 Å². The van der Waals surface area contributed by atoms with E-state index in [2.05, 4.69) is 0 Å². The summed E-state index contributed by atoms with van der Waals surface area (Å²) in [6.07, 6.45) is -1.27. The smallest absolute Gasteiger partial charge is 0.342 e. The molecule has 1 heterocycles. The molecule has 6 heteroatoms. The van der Waals surface area contributed by atoms with E-state index in [1.807, 2.05) is 6.92 Å². The van der Waals surface area contributed by atoms with E-state index in [0.29, 0.717) is 19.4 Å². The molecule has 3 atom stereocenters. The van der Waals surface area contributed by atoms with E-state index in [1.165, 1.54) is 4.90 Å². The predicted molar refractivity (Wildman–Crippen MR) is 72.0 cm³/mol. The highest BCUT2D eigenvalue weighted by Gasteiger charge is 2.42. The van der Waals surface area contributed by atoms with Gasteiger partial charge in [0, 0.05) is 25.0 Å². The Bertz CT molecular complexity index is 318. The van der Waals surface area contributed by atoms with Crippen molar-refractivity contribution in [3.63, 3.8) is 0 Å². The molecular formula is C14H25F3N2O. The van der Waals surface area contributed by atoms with Crippen molar-refractivity contribution in [2.75, 3.05) is 13.1 Å². The third-order valence-corrected chi connectivity index (χ3v) is 3.91. The normalized spacial score (nSPS) is 23.5. The van der Waals surface area contributed by atoms with Crippen molar-refractivity contribution in [2.45, 2.75) is 58.2 Å². The molecule has 0 bridgehead atoms. The number of carbonyl (C=O) groups excluding carboxylic acids is 1. The maximum absolute atomic E-state index is 12.7. The van der Waals surface area contributed by atoms with Crippen molar-refractivity contribution in [3.05, 3.63) is 0 Å². The number of nitrogens with zero attached hydrogens (tertiary/aromatic N) is 1. The summed E-state index contributed by atoms with van der Waals surface area (Å²) in [5.41, 5.74) is 5.64. The molecule has 1 rings (SSSR count). The van der Waals surface area contributed by atoms with E-state index in [9.17, 15) is 18.0 Å². The van der Waals surface area contributed by atoms with Gasteiger partial charge in [-0.2, -0.15) is 13.2 Å². The number of alkyl halides is 3. The lowest BCUT2D eigenvalue weighted by atomic mass is 9.95. The molecule has 1 saturated heterocycles. The second-order valence-corrected chi connectivity index (χ2v) is 5.97. The minimum atomic E-state index is -4.20. The predicted octanol–water partition coefficient (Wildman–Crippen LogP) is 2.94. The average Bonchev–Trinajstić information content (AvgIpc) is 2.36. The zero-order valence-electron chi connectivity index (χ0n) is 12.2. The van der Waals surface area contributed by atoms with Gasteiger partial charge < -0.3 is 10.6 Å². The van der Waals surface area contributed by atoms with Crippen LogP contribution >= 0.6 is 0 Å². The molecule has 118 valence electrons. The molecule has 3 nitrogen and oxygen atoms in total. The minimum absolute atomic E-state index is 0.0990. The Labute approximate surface area is 118 Å². The van der Waals surface area contributed by atoms with Crippen molar-refractivity contribution in [3.8, 4) is 0 Å². The van der Waals surface area contributed by atoms with Gasteiger partial charge >= 0.3 is 6.18 Å². The van der Waals surface area contributed by atoms with Gasteiger partial charge in [-0.15, -0.1) is 0 Å². The Hall–Kier alpha value is -0.780. The molecule has 0 radical (unpaired) electrons. The zero-order chi connectivity index (χ0) is 15.3. The summed E-state index contributed by atoms with van der Waals surface area (Å²) in [6, 6.07) is 0.0990. The molecule has 0 aliphatic carbocycles. The largest absolute Gasteiger partial charge is 0.393 e. The number of piperidine rings is 1. The number of rotatable bonds is 5. The van der Waals surface area contributed by atoms with E-state index in [1.54, 1.807) is 6.92 Å². The van der Waals surface area contributed by atoms with Gasteiger partial charge in [-0.25, -0.2) is 0 Å². The highest BCUT2D eigenvalue weighted by molar-refractivity contribution is 5.78. The Balaban J connectivity index is 2.45. The number of amides is 1. The van der Waals surface area contributed by atoms with Gasteiger partial charge in [0.15, 0.2) is 0 Å². The van der Waals surface area contributed by atoms with Gasteiger partial charge in [0.1, 0.15) is 0 Å². The van der Waals surface area contributed by atoms with Crippen LogP contribution in [0.5, 0.6) is 0 Å². The fourth-order valence-corrected chi connectivity index (χ4v) is 2.63. The van der Waals surface area contributed by atoms with Gasteiger partial charge in [0.2, 0.25) is 5.91 Å². The molecular weight excluding hydrogens is 269 g/mol. The SMILES string of the molecule is CC(N)CCCC(C)C(=O)N1CCCC(C(F)(F)F)C1. The molecule has 0 aromatic rings. The number of hydrogen-bond donors (Lipinski definition) is 1. The molecule has 1 amide bonds. The monoisotopic (exact) mass is 294 g/mol. The molecule has 0 spiro atoms. The Kier molecular flexibility index (Phi) is 6.30. The van der Waals surface area contributed by atoms with Crippen LogP contribution in [0.3, 0.4) is 0 Å². The first-order valence-corrected chi connectivity index (χ1v) is 7.33. The number of nitrogens with two attached hydrogens (primary N) is 1. The van der Waals surface area contributed by atoms with Crippen LogP contribution in [-0.2, 0) is 4.79 Å². The summed E-state index contributed by atoms with van der Waals surface area (Å²) < 4.78 is 38.2. The van der Waals surface area contributed by atoms with Crippen LogP contribution in [0.4, 0.5) is 13.2 Å². The van der Waals surface area contributed by atoms with Crippen molar-refractivity contribution in [1.82, 2.24) is 4.90 Å². The van der Waals surface area contributed by atoms with Gasteiger partial charge in [-0.05, 0) is 32.6 Å². The zero-order valence-corrected chi connectivity index (χ0v) is 12.2. The third kappa shape index (κ3) is 5.31. The van der Waals surface area contributed by atoms with Crippen LogP contribution in [0.2, 0.25) is 0 Å². The van der Waals surface area contributed by atoms with Crippen LogP contribution in [0.15, 0.2) is 0 Å². The number of likely N-dealkylation sites (tertiary alicyclic amines) is 1. The lowest BCUT2D eigenvalue weighted by Gasteiger charge is -2.35. The van der Waals surface area contributed by atoms with Crippen LogP contribution < -0.4 is 5.73 Å². The second kappa shape index (κ2) is 7.29. The molecule has 0 saturated carbocycles. The first-order chi connectivity index (χ1) is 9.21. The molecule has 1 aliphatic rings. The van der Waals surface area contributed by atoms with Gasteiger partial charge in [-0.3, -0.25) is 4.79 Å². The van der Waals surface area contributed by atoms with E-state index in [0.717, 1.165) is 12.8 Å². The number of carbonyl (C=O) groups is 1. The highest BCUT2D eigenvalue weighted by atomic mass is 19.4. The van der Waals surface area contributed by atoms with Crippen LogP contribution in [0, 0.1) is 11.8 Å². The van der Waals surface area contributed by atoms with Gasteiger partial charge in [0.25, 0.3) is 0 Å². The van der Waals surface area contributed by atoms with E-state index < -0.39 is 12.1 Å². The average molecular weight is 294 g/mol. The summed E-state index contributed by atoms with van der Waals surface area (Å²) >= 11 is 0. The summed E-state index contributed by atoms with van der Waals surface area (Å²) in [6.45, 7) is 3.97. The topological polar surface area (TPSA) is 46.3 Å². The first kappa shape index (κ1) is 17.3. The third-order valence-electron chi connectivity index (χ3n) is 3.91. The summed E-state index contributed by atoms with van der Waals surface area (Å²) in [5.74, 6) is -1.74. The first-order valence-electron chi connectivity index (χ1n) is 7.33. The Morgan fingerprint density at radius 1 is 1.35 bits per heavy atom. The highest BCUT2D eigenvalue weighted by Crippen LogP contribution is 2.33. The Morgan fingerprint density at radius 2 is 2.00 bits per heavy atom. The number of halogens is 3. The van der Waals surface area contributed by atoms with Crippen LogP contribution in [0.1, 0.15) is 46.0 Å². The molecule has 1 aliphatic heterocycles. The molecule has 3 unspecified atom stereocenters. The summed E-state index contributed by atoms with van der Waals surface area (Å²) in [4.78, 5) is 13.6. The van der Waals surface area contributed by atoms with Crippen LogP contribution in [-0.4, -0.2) is 36.1 Å². The van der Waals surface area contributed by atoms with Crippen molar-refractivity contribution < 1.29 is 18.0 Å². The minimum Gasteiger partial charge on any atom is -0.342 e. The van der Waals surface area contributed by atoms with Crippen LogP contribution in [0.25, 0.3) is 0 Å². The fourth-order valence-electron chi connectivity index (χ4n) is 2.63. The second-order valence-electron chi connectivity index (χ2n) is 5.97. The number of hydrogen-bond acceptors (Lipinski definition) is 2. The maximum atomic E-state index is 12.7. The van der Waals surface area contributed by atoms with Crippen molar-refractivity contribution in [1.29, 1.82) is 0 Å². The molecule has 0 aromatic carbocycles. The molecule has 20 heavy (non-hydrogen) atoms. The Morgan fingerprint density at radius 3 is 2.55 bits per heavy atom. The maximum Gasteiger partial charge on any atom is 0.393 e. The molecule has 1 fully saturated rings. The van der Waals surface area contributed by atoms with Crippen molar-refractivity contribution >= 4 is 5.91 Å². The van der Waals surface area contributed by atoms with Gasteiger partial charge in [-0.1, -0.05) is 13.3 Å². The summed E-state index contributed by atoms with van der Waals surface area (Å²) in [5, 5.41) is 0. The standard InChI is InChI=1S/C14H25F3N2O/c1-10(5-3-6-11(2)18)13(20)19-8-4-7-12(9-19)14(15,16)17/h10-12H,3-9,18H2,1-2H3. The lowest BCUT2D eigenvalue weighted by Crippen LogP contribution is -2.46. The lowest BCUT2D eigenvalue weighted by molar-refractivity contribution is -0.188. The molecule has 0 aromatic heterocycles. The fraction of sp³-hybridized carbons (Fsp3) is 0.929. The molecule has 2 N–H and O–H groups in total. The van der Waals surface area contributed by atoms with E-state index >= 15 is 0 Å². The van der Waals surface area contributed by atoms with E-state index in [-0.39, 0.29) is 30.8 Å². The van der Waals surface area contributed by atoms with Gasteiger partial charge in [0.05, 0.1) is 5.92 Å². The van der Waals surface area contributed by atoms with E-state index in [4.69, 9.17) is 5.73 Å². The quantitative estimate of drug-likeness (QED) is 0.847. The summed E-state index contributed by atoms with van der Waals surface area (Å²) in [7, 11) is 0.